The number of allylic oxidation sites excluding steroid dienone is 2. The molecule has 0 fully saturated rings. The van der Waals surface area contributed by atoms with Crippen molar-refractivity contribution in [2.24, 2.45) is 0 Å². The van der Waals surface area contributed by atoms with Gasteiger partial charge in [-0.25, -0.2) is 4.79 Å². The SMILES string of the molecule is CCOC(=O)C1C=C(C)C=CN1. The normalized spacial score (nSPS) is 21.2. The predicted molar refractivity (Wildman–Crippen MR) is 46.5 cm³/mol. The van der Waals surface area contributed by atoms with E-state index in [1.54, 1.807) is 13.1 Å². The van der Waals surface area contributed by atoms with Crippen LogP contribution in [0.5, 0.6) is 0 Å². The number of nitrogens with one attached hydrogen (secondary N) is 1. The summed E-state index contributed by atoms with van der Waals surface area (Å²) >= 11 is 0. The molecule has 0 aliphatic carbocycles. The van der Waals surface area contributed by atoms with E-state index in [1.807, 2.05) is 19.1 Å². The van der Waals surface area contributed by atoms with Gasteiger partial charge in [0.05, 0.1) is 6.61 Å². The zero-order valence-corrected chi connectivity index (χ0v) is 7.33. The van der Waals surface area contributed by atoms with Crippen molar-refractivity contribution in [3.05, 3.63) is 23.9 Å². The summed E-state index contributed by atoms with van der Waals surface area (Å²) in [4.78, 5) is 11.2. The van der Waals surface area contributed by atoms with Crippen molar-refractivity contribution in [2.75, 3.05) is 6.61 Å². The van der Waals surface area contributed by atoms with Gasteiger partial charge in [0, 0.05) is 0 Å². The van der Waals surface area contributed by atoms with E-state index in [0.29, 0.717) is 6.61 Å². The molecule has 3 heteroatoms. The van der Waals surface area contributed by atoms with Crippen LogP contribution in [0.15, 0.2) is 23.9 Å². The fourth-order valence-electron chi connectivity index (χ4n) is 1.02. The molecule has 3 nitrogen and oxygen atoms in total. The third-order valence-corrected chi connectivity index (χ3v) is 1.59. The van der Waals surface area contributed by atoms with Crippen LogP contribution in [0.25, 0.3) is 0 Å². The van der Waals surface area contributed by atoms with Gasteiger partial charge in [-0.3, -0.25) is 0 Å². The molecular formula is C9H13NO2. The first-order valence-electron chi connectivity index (χ1n) is 4.01. The van der Waals surface area contributed by atoms with Crippen molar-refractivity contribution in [2.45, 2.75) is 19.9 Å². The predicted octanol–water partition coefficient (Wildman–Crippen LogP) is 0.981. The average Bonchev–Trinajstić information content (AvgIpc) is 2.05. The zero-order chi connectivity index (χ0) is 8.97. The highest BCUT2D eigenvalue weighted by atomic mass is 16.5. The first-order chi connectivity index (χ1) is 5.74. The smallest absolute Gasteiger partial charge is 0.332 e. The fourth-order valence-corrected chi connectivity index (χ4v) is 1.02. The first-order valence-corrected chi connectivity index (χ1v) is 4.01. The van der Waals surface area contributed by atoms with Gasteiger partial charge in [-0.2, -0.15) is 0 Å². The molecule has 0 saturated heterocycles. The van der Waals surface area contributed by atoms with Crippen LogP contribution in [-0.2, 0) is 9.53 Å². The van der Waals surface area contributed by atoms with Gasteiger partial charge in [-0.1, -0.05) is 5.57 Å². The van der Waals surface area contributed by atoms with Crippen molar-refractivity contribution in [1.29, 1.82) is 0 Å². The number of carbonyl (C=O) groups is 1. The van der Waals surface area contributed by atoms with Gasteiger partial charge < -0.3 is 10.1 Å². The molecule has 0 saturated carbocycles. The Kier molecular flexibility index (Phi) is 2.91. The van der Waals surface area contributed by atoms with Crippen LogP contribution in [0.2, 0.25) is 0 Å². The van der Waals surface area contributed by atoms with E-state index in [2.05, 4.69) is 5.32 Å². The molecule has 1 unspecified atom stereocenters. The van der Waals surface area contributed by atoms with Crippen LogP contribution in [0.3, 0.4) is 0 Å². The second-order valence-corrected chi connectivity index (χ2v) is 2.64. The number of hydrogen-bond donors (Lipinski definition) is 1. The van der Waals surface area contributed by atoms with Gasteiger partial charge in [0.1, 0.15) is 6.04 Å². The number of rotatable bonds is 2. The molecule has 0 bridgehead atoms. The molecule has 1 aliphatic rings. The number of ether oxygens (including phenoxy) is 1. The minimum Gasteiger partial charge on any atom is -0.464 e. The Morgan fingerprint density at radius 2 is 2.50 bits per heavy atom. The quantitative estimate of drug-likeness (QED) is 0.623. The van der Waals surface area contributed by atoms with Gasteiger partial charge >= 0.3 is 5.97 Å². The second kappa shape index (κ2) is 3.95. The molecule has 1 heterocycles. The molecule has 0 spiro atoms. The van der Waals surface area contributed by atoms with E-state index < -0.39 is 0 Å². The Hall–Kier alpha value is -1.25. The summed E-state index contributed by atoms with van der Waals surface area (Å²) in [5.74, 6) is -0.221. The molecule has 0 aromatic heterocycles. The maximum atomic E-state index is 11.2. The summed E-state index contributed by atoms with van der Waals surface area (Å²) in [7, 11) is 0. The summed E-state index contributed by atoms with van der Waals surface area (Å²) < 4.78 is 4.85. The van der Waals surface area contributed by atoms with Gasteiger partial charge in [0.15, 0.2) is 0 Å². The van der Waals surface area contributed by atoms with Crippen molar-refractivity contribution in [1.82, 2.24) is 5.32 Å². The van der Waals surface area contributed by atoms with Crippen LogP contribution in [0.1, 0.15) is 13.8 Å². The zero-order valence-electron chi connectivity index (χ0n) is 7.33. The minimum absolute atomic E-state index is 0.221. The van der Waals surface area contributed by atoms with Crippen LogP contribution < -0.4 is 5.32 Å². The molecular weight excluding hydrogens is 154 g/mol. The molecule has 1 atom stereocenters. The fraction of sp³-hybridized carbons (Fsp3) is 0.444. The number of hydrogen-bond acceptors (Lipinski definition) is 3. The molecule has 66 valence electrons. The van der Waals surface area contributed by atoms with Gasteiger partial charge in [-0.05, 0) is 32.2 Å². The van der Waals surface area contributed by atoms with E-state index in [9.17, 15) is 4.79 Å². The third kappa shape index (κ3) is 2.12. The standard InChI is InChI=1S/C9H13NO2/c1-3-12-9(11)8-6-7(2)4-5-10-8/h4-6,8,10H,3H2,1-2H3. The minimum atomic E-state index is -0.310. The van der Waals surface area contributed by atoms with Gasteiger partial charge in [0.2, 0.25) is 0 Å². The largest absolute Gasteiger partial charge is 0.464 e. The van der Waals surface area contributed by atoms with Crippen molar-refractivity contribution >= 4 is 5.97 Å². The molecule has 1 rings (SSSR count). The molecule has 1 aliphatic heterocycles. The lowest BCUT2D eigenvalue weighted by Crippen LogP contribution is -2.34. The summed E-state index contributed by atoms with van der Waals surface area (Å²) in [6.45, 7) is 4.17. The van der Waals surface area contributed by atoms with Crippen LogP contribution >= 0.6 is 0 Å². The van der Waals surface area contributed by atoms with Crippen LogP contribution in [0, 0.1) is 0 Å². The van der Waals surface area contributed by atoms with Gasteiger partial charge in [0.25, 0.3) is 0 Å². The highest BCUT2D eigenvalue weighted by Gasteiger charge is 2.16. The summed E-state index contributed by atoms with van der Waals surface area (Å²) in [5.41, 5.74) is 1.08. The highest BCUT2D eigenvalue weighted by molar-refractivity contribution is 5.78. The summed E-state index contributed by atoms with van der Waals surface area (Å²) in [6.07, 6.45) is 5.52. The summed E-state index contributed by atoms with van der Waals surface area (Å²) in [6, 6.07) is -0.310. The third-order valence-electron chi connectivity index (χ3n) is 1.59. The summed E-state index contributed by atoms with van der Waals surface area (Å²) in [5, 5.41) is 2.90. The molecule has 0 aromatic carbocycles. The Bertz CT molecular complexity index is 231. The van der Waals surface area contributed by atoms with Crippen LogP contribution in [-0.4, -0.2) is 18.6 Å². The molecule has 0 radical (unpaired) electrons. The van der Waals surface area contributed by atoms with E-state index in [0.717, 1.165) is 5.57 Å². The topological polar surface area (TPSA) is 38.3 Å². The number of dihydropyridines is 1. The van der Waals surface area contributed by atoms with Gasteiger partial charge in [-0.15, -0.1) is 0 Å². The Labute approximate surface area is 72.1 Å². The van der Waals surface area contributed by atoms with Crippen molar-refractivity contribution in [3.8, 4) is 0 Å². The van der Waals surface area contributed by atoms with Crippen molar-refractivity contribution < 1.29 is 9.53 Å². The molecule has 0 aromatic rings. The van der Waals surface area contributed by atoms with E-state index in [-0.39, 0.29) is 12.0 Å². The monoisotopic (exact) mass is 167 g/mol. The highest BCUT2D eigenvalue weighted by Crippen LogP contribution is 2.04. The molecule has 0 amide bonds. The lowest BCUT2D eigenvalue weighted by Gasteiger charge is -2.15. The lowest BCUT2D eigenvalue weighted by molar-refractivity contribution is -0.144. The van der Waals surface area contributed by atoms with E-state index >= 15 is 0 Å². The van der Waals surface area contributed by atoms with E-state index in [4.69, 9.17) is 4.74 Å². The number of carbonyl (C=O) groups excluding carboxylic acids is 1. The average molecular weight is 167 g/mol. The molecule has 12 heavy (non-hydrogen) atoms. The van der Waals surface area contributed by atoms with Crippen molar-refractivity contribution in [3.63, 3.8) is 0 Å². The maximum absolute atomic E-state index is 11.2. The molecule has 1 N–H and O–H groups in total. The van der Waals surface area contributed by atoms with E-state index in [1.165, 1.54) is 0 Å². The lowest BCUT2D eigenvalue weighted by atomic mass is 10.1. The number of esters is 1. The van der Waals surface area contributed by atoms with Crippen LogP contribution in [0.4, 0.5) is 0 Å². The Morgan fingerprint density at radius 1 is 1.75 bits per heavy atom. The Balaban J connectivity index is 2.54. The second-order valence-electron chi connectivity index (χ2n) is 2.64. The Morgan fingerprint density at radius 3 is 3.08 bits per heavy atom. The first kappa shape index (κ1) is 8.84. The maximum Gasteiger partial charge on any atom is 0.332 e.